The molecule has 184 valence electrons. The molecule has 7 nitrogen and oxygen atoms in total. The molecule has 1 aliphatic heterocycles. The summed E-state index contributed by atoms with van der Waals surface area (Å²) in [6.07, 6.45) is 0.0985. The lowest BCUT2D eigenvalue weighted by Crippen LogP contribution is -2.39. The van der Waals surface area contributed by atoms with E-state index >= 15 is 0 Å². The Balaban J connectivity index is 1.46. The standard InChI is InChI=1S/C26H29F2N5O2/c1-15(34)11-25(35)32-9-7-17(8-10-32)18-3-5-22-20(12-18)21(13-23(27)28)26(30-22)19-4-6-24-29-16(2)31-33(24)14-19/h3-6,12,14-15,17,23,30,34H,7-11,13H2,1-2H3. The van der Waals surface area contributed by atoms with Crippen molar-refractivity contribution in [1.29, 1.82) is 0 Å². The van der Waals surface area contributed by atoms with E-state index in [4.69, 9.17) is 0 Å². The first kappa shape index (κ1) is 23.4. The van der Waals surface area contributed by atoms with Crippen LogP contribution in [0.4, 0.5) is 8.78 Å². The van der Waals surface area contributed by atoms with Crippen LogP contribution in [0.3, 0.4) is 0 Å². The summed E-state index contributed by atoms with van der Waals surface area (Å²) in [7, 11) is 0. The van der Waals surface area contributed by atoms with E-state index in [-0.39, 0.29) is 24.7 Å². The fourth-order valence-electron chi connectivity index (χ4n) is 5.12. The molecular formula is C26H29F2N5O2. The Morgan fingerprint density at radius 3 is 2.71 bits per heavy atom. The molecule has 1 unspecified atom stereocenters. The van der Waals surface area contributed by atoms with Crippen molar-refractivity contribution >= 4 is 22.5 Å². The lowest BCUT2D eigenvalue weighted by molar-refractivity contribution is -0.134. The number of aromatic amines is 1. The SMILES string of the molecule is Cc1nc2ccc(-c3[nH]c4ccc(C5CCN(C(=O)CC(C)O)CC5)cc4c3CC(F)F)cn2n1. The normalized spacial score (nSPS) is 16.0. The largest absolute Gasteiger partial charge is 0.393 e. The summed E-state index contributed by atoms with van der Waals surface area (Å²) < 4.78 is 29.0. The number of benzene rings is 1. The fourth-order valence-corrected chi connectivity index (χ4v) is 5.12. The number of nitrogens with zero attached hydrogens (tertiary/aromatic N) is 4. The van der Waals surface area contributed by atoms with Crippen LogP contribution in [-0.2, 0) is 11.2 Å². The number of rotatable bonds is 6. The lowest BCUT2D eigenvalue weighted by Gasteiger charge is -2.32. The number of aryl methyl sites for hydroxylation is 1. The van der Waals surface area contributed by atoms with Gasteiger partial charge in [-0.2, -0.15) is 5.10 Å². The molecule has 3 aromatic heterocycles. The van der Waals surface area contributed by atoms with Gasteiger partial charge in [-0.15, -0.1) is 0 Å². The van der Waals surface area contributed by atoms with Crippen molar-refractivity contribution in [1.82, 2.24) is 24.5 Å². The first-order valence-corrected chi connectivity index (χ1v) is 12.0. The number of aliphatic hydroxyl groups is 1. The fraction of sp³-hybridized carbons (Fsp3) is 0.423. The van der Waals surface area contributed by atoms with E-state index in [1.54, 1.807) is 16.3 Å². The molecule has 1 saturated heterocycles. The van der Waals surface area contributed by atoms with E-state index in [0.29, 0.717) is 35.8 Å². The summed E-state index contributed by atoms with van der Waals surface area (Å²) in [5, 5.41) is 14.7. The number of H-pyrrole nitrogens is 1. The summed E-state index contributed by atoms with van der Waals surface area (Å²) in [5.74, 6) is 0.875. The highest BCUT2D eigenvalue weighted by Crippen LogP contribution is 2.36. The van der Waals surface area contributed by atoms with E-state index < -0.39 is 12.5 Å². The van der Waals surface area contributed by atoms with Gasteiger partial charge >= 0.3 is 0 Å². The average Bonchev–Trinajstić information content (AvgIpc) is 3.36. The number of piperidine rings is 1. The van der Waals surface area contributed by atoms with Crippen molar-refractivity contribution in [3.63, 3.8) is 0 Å². The number of alkyl halides is 2. The number of hydrogen-bond acceptors (Lipinski definition) is 4. The molecule has 0 spiro atoms. The van der Waals surface area contributed by atoms with E-state index in [1.807, 2.05) is 37.4 Å². The maximum absolute atomic E-state index is 13.6. The summed E-state index contributed by atoms with van der Waals surface area (Å²) in [6.45, 7) is 4.70. The van der Waals surface area contributed by atoms with E-state index in [9.17, 15) is 18.7 Å². The Labute approximate surface area is 201 Å². The summed E-state index contributed by atoms with van der Waals surface area (Å²) in [6, 6.07) is 9.77. The van der Waals surface area contributed by atoms with Crippen molar-refractivity contribution in [3.8, 4) is 11.3 Å². The number of fused-ring (bicyclic) bond motifs is 2. The van der Waals surface area contributed by atoms with Crippen LogP contribution in [0.2, 0.25) is 0 Å². The summed E-state index contributed by atoms with van der Waals surface area (Å²) in [5.41, 5.74) is 4.67. The topological polar surface area (TPSA) is 86.5 Å². The van der Waals surface area contributed by atoms with Gasteiger partial charge in [0.2, 0.25) is 12.3 Å². The van der Waals surface area contributed by atoms with Gasteiger partial charge in [0.25, 0.3) is 0 Å². The highest BCUT2D eigenvalue weighted by atomic mass is 19.3. The van der Waals surface area contributed by atoms with Gasteiger partial charge in [0.05, 0.1) is 18.2 Å². The molecule has 1 aliphatic rings. The van der Waals surface area contributed by atoms with Gasteiger partial charge in [0.1, 0.15) is 5.82 Å². The number of hydrogen-bond donors (Lipinski definition) is 2. The van der Waals surface area contributed by atoms with Crippen molar-refractivity contribution < 1.29 is 18.7 Å². The summed E-state index contributed by atoms with van der Waals surface area (Å²) in [4.78, 5) is 21.8. The second-order valence-electron chi connectivity index (χ2n) is 9.47. The van der Waals surface area contributed by atoms with E-state index in [2.05, 4.69) is 21.1 Å². The first-order chi connectivity index (χ1) is 16.8. The van der Waals surface area contributed by atoms with Gasteiger partial charge in [-0.25, -0.2) is 18.3 Å². The van der Waals surface area contributed by atoms with Gasteiger partial charge in [0, 0.05) is 42.2 Å². The molecule has 0 aliphatic carbocycles. The quantitative estimate of drug-likeness (QED) is 0.426. The number of carbonyl (C=O) groups is 1. The molecule has 4 aromatic rings. The number of carbonyl (C=O) groups excluding carboxylic acids is 1. The van der Waals surface area contributed by atoms with Crippen LogP contribution in [0.25, 0.3) is 27.8 Å². The minimum Gasteiger partial charge on any atom is -0.393 e. The number of nitrogens with one attached hydrogen (secondary N) is 1. The molecule has 9 heteroatoms. The predicted molar refractivity (Wildman–Crippen MR) is 130 cm³/mol. The van der Waals surface area contributed by atoms with Crippen LogP contribution in [0.1, 0.15) is 49.1 Å². The number of aliphatic hydroxyl groups excluding tert-OH is 1. The van der Waals surface area contributed by atoms with Gasteiger partial charge in [-0.05, 0) is 68.0 Å². The average molecular weight is 482 g/mol. The van der Waals surface area contributed by atoms with Crippen molar-refractivity contribution in [2.24, 2.45) is 0 Å². The summed E-state index contributed by atoms with van der Waals surface area (Å²) >= 11 is 0. The van der Waals surface area contributed by atoms with Crippen molar-refractivity contribution in [2.45, 2.75) is 58.0 Å². The lowest BCUT2D eigenvalue weighted by atomic mass is 9.88. The van der Waals surface area contributed by atoms with Crippen LogP contribution >= 0.6 is 0 Å². The third-order valence-electron chi connectivity index (χ3n) is 6.80. The molecule has 0 radical (unpaired) electrons. The van der Waals surface area contributed by atoms with E-state index in [1.165, 1.54) is 0 Å². The van der Waals surface area contributed by atoms with Crippen LogP contribution in [0.5, 0.6) is 0 Å². The van der Waals surface area contributed by atoms with Crippen LogP contribution in [-0.4, -0.2) is 61.1 Å². The van der Waals surface area contributed by atoms with Crippen molar-refractivity contribution in [3.05, 3.63) is 53.5 Å². The second kappa shape index (κ2) is 9.37. The van der Waals surface area contributed by atoms with Gasteiger partial charge in [-0.3, -0.25) is 4.79 Å². The molecule has 5 rings (SSSR count). The zero-order chi connectivity index (χ0) is 24.7. The Bertz CT molecular complexity index is 1370. The number of aromatic nitrogens is 4. The minimum atomic E-state index is -2.48. The Kier molecular flexibility index (Phi) is 6.27. The van der Waals surface area contributed by atoms with Gasteiger partial charge in [0.15, 0.2) is 5.65 Å². The molecule has 1 aromatic carbocycles. The second-order valence-corrected chi connectivity index (χ2v) is 9.47. The van der Waals surface area contributed by atoms with Crippen molar-refractivity contribution in [2.75, 3.05) is 13.1 Å². The minimum absolute atomic E-state index is 0.0251. The maximum atomic E-state index is 13.6. The number of amides is 1. The monoisotopic (exact) mass is 481 g/mol. The number of halogens is 2. The maximum Gasteiger partial charge on any atom is 0.242 e. The van der Waals surface area contributed by atoms with Crippen LogP contribution < -0.4 is 0 Å². The molecule has 1 atom stereocenters. The zero-order valence-electron chi connectivity index (χ0n) is 19.8. The molecule has 0 bridgehead atoms. The molecular weight excluding hydrogens is 452 g/mol. The molecule has 0 saturated carbocycles. The number of likely N-dealkylation sites (tertiary alicyclic amines) is 1. The zero-order valence-corrected chi connectivity index (χ0v) is 19.8. The van der Waals surface area contributed by atoms with E-state index in [0.717, 1.165) is 34.9 Å². The number of pyridine rings is 1. The third kappa shape index (κ3) is 4.77. The highest BCUT2D eigenvalue weighted by Gasteiger charge is 2.25. The Hall–Kier alpha value is -3.33. The van der Waals surface area contributed by atoms with Gasteiger partial charge < -0.3 is 15.0 Å². The third-order valence-corrected chi connectivity index (χ3v) is 6.80. The van der Waals surface area contributed by atoms with Gasteiger partial charge in [-0.1, -0.05) is 6.07 Å². The molecule has 1 fully saturated rings. The Morgan fingerprint density at radius 2 is 2.00 bits per heavy atom. The molecule has 1 amide bonds. The molecule has 4 heterocycles. The first-order valence-electron chi connectivity index (χ1n) is 12.0. The molecule has 35 heavy (non-hydrogen) atoms. The highest BCUT2D eigenvalue weighted by molar-refractivity contribution is 5.91. The Morgan fingerprint density at radius 1 is 1.23 bits per heavy atom. The smallest absolute Gasteiger partial charge is 0.242 e. The predicted octanol–water partition coefficient (Wildman–Crippen LogP) is 4.47. The molecule has 2 N–H and O–H groups in total. The van der Waals surface area contributed by atoms with Crippen LogP contribution in [0.15, 0.2) is 36.5 Å². The van der Waals surface area contributed by atoms with Crippen LogP contribution in [0, 0.1) is 6.92 Å².